The van der Waals surface area contributed by atoms with E-state index in [0.29, 0.717) is 5.56 Å². The molecule has 0 bridgehead atoms. The smallest absolute Gasteiger partial charge is 0.174 e. The summed E-state index contributed by atoms with van der Waals surface area (Å²) in [7, 11) is 0. The van der Waals surface area contributed by atoms with Crippen LogP contribution in [-0.2, 0) is 0 Å². The molecule has 0 amide bonds. The Kier molecular flexibility index (Phi) is 3.59. The van der Waals surface area contributed by atoms with Gasteiger partial charge in [-0.25, -0.2) is 4.98 Å². The third-order valence-corrected chi connectivity index (χ3v) is 4.36. The van der Waals surface area contributed by atoms with Gasteiger partial charge in [-0.3, -0.25) is 0 Å². The van der Waals surface area contributed by atoms with Crippen LogP contribution in [0.15, 0.2) is 31.9 Å². The summed E-state index contributed by atoms with van der Waals surface area (Å²) in [5.41, 5.74) is 0.639. The second-order valence-electron chi connectivity index (χ2n) is 2.93. The standard InChI is InChI=1S/C10H6BrN3S2/c1-6-13-10(16-14-6)15-9-4-2-3-8(11)7(9)5-12/h2-4H,1H3. The summed E-state index contributed by atoms with van der Waals surface area (Å²) in [5.74, 6) is 0.765. The van der Waals surface area contributed by atoms with Gasteiger partial charge in [0.1, 0.15) is 11.9 Å². The van der Waals surface area contributed by atoms with E-state index in [-0.39, 0.29) is 0 Å². The van der Waals surface area contributed by atoms with Gasteiger partial charge in [-0.2, -0.15) is 9.64 Å². The Bertz CT molecular complexity index is 559. The summed E-state index contributed by atoms with van der Waals surface area (Å²) < 4.78 is 5.77. The van der Waals surface area contributed by atoms with Crippen molar-refractivity contribution in [3.8, 4) is 6.07 Å². The van der Waals surface area contributed by atoms with Crippen LogP contribution in [0.5, 0.6) is 0 Å². The zero-order valence-electron chi connectivity index (χ0n) is 8.27. The fraction of sp³-hybridized carbons (Fsp3) is 0.100. The molecule has 3 nitrogen and oxygen atoms in total. The Balaban J connectivity index is 2.35. The van der Waals surface area contributed by atoms with Gasteiger partial charge < -0.3 is 0 Å². The number of nitriles is 1. The van der Waals surface area contributed by atoms with Crippen molar-refractivity contribution in [1.82, 2.24) is 9.36 Å². The van der Waals surface area contributed by atoms with Gasteiger partial charge in [0, 0.05) is 9.37 Å². The van der Waals surface area contributed by atoms with E-state index in [0.717, 1.165) is 19.5 Å². The first-order chi connectivity index (χ1) is 7.70. The average molecular weight is 312 g/mol. The van der Waals surface area contributed by atoms with Crippen molar-refractivity contribution in [2.24, 2.45) is 0 Å². The van der Waals surface area contributed by atoms with Crippen LogP contribution < -0.4 is 0 Å². The monoisotopic (exact) mass is 311 g/mol. The molecular weight excluding hydrogens is 306 g/mol. The minimum absolute atomic E-state index is 0.639. The molecule has 2 aromatic rings. The summed E-state index contributed by atoms with van der Waals surface area (Å²) >= 11 is 6.17. The summed E-state index contributed by atoms with van der Waals surface area (Å²) in [6.45, 7) is 1.85. The maximum atomic E-state index is 9.06. The molecular formula is C10H6BrN3S2. The lowest BCUT2D eigenvalue weighted by molar-refractivity contribution is 1.10. The molecule has 1 heterocycles. The zero-order valence-corrected chi connectivity index (χ0v) is 11.5. The quantitative estimate of drug-likeness (QED) is 0.849. The van der Waals surface area contributed by atoms with E-state index in [1.54, 1.807) is 0 Å². The zero-order chi connectivity index (χ0) is 11.5. The number of aromatic nitrogens is 2. The lowest BCUT2D eigenvalue weighted by atomic mass is 10.2. The van der Waals surface area contributed by atoms with E-state index in [2.05, 4.69) is 31.4 Å². The molecule has 2 rings (SSSR count). The lowest BCUT2D eigenvalue weighted by Gasteiger charge is -2.01. The number of benzene rings is 1. The molecule has 0 atom stereocenters. The average Bonchev–Trinajstić information content (AvgIpc) is 2.64. The van der Waals surface area contributed by atoms with E-state index in [4.69, 9.17) is 5.26 Å². The molecule has 0 aliphatic carbocycles. The van der Waals surface area contributed by atoms with Crippen LogP contribution in [0.25, 0.3) is 0 Å². The minimum Gasteiger partial charge on any atom is -0.213 e. The van der Waals surface area contributed by atoms with Crippen LogP contribution >= 0.6 is 39.2 Å². The van der Waals surface area contributed by atoms with Crippen molar-refractivity contribution < 1.29 is 0 Å². The van der Waals surface area contributed by atoms with Gasteiger partial charge in [0.25, 0.3) is 0 Å². The number of halogens is 1. The lowest BCUT2D eigenvalue weighted by Crippen LogP contribution is -1.82. The van der Waals surface area contributed by atoms with Crippen LogP contribution in [0.4, 0.5) is 0 Å². The highest BCUT2D eigenvalue weighted by atomic mass is 79.9. The first-order valence-corrected chi connectivity index (χ1v) is 6.76. The fourth-order valence-corrected chi connectivity index (χ4v) is 3.42. The van der Waals surface area contributed by atoms with Crippen molar-refractivity contribution in [3.63, 3.8) is 0 Å². The van der Waals surface area contributed by atoms with Gasteiger partial charge in [-0.1, -0.05) is 17.8 Å². The van der Waals surface area contributed by atoms with Crippen LogP contribution in [0.2, 0.25) is 0 Å². The third kappa shape index (κ3) is 2.43. The maximum Gasteiger partial charge on any atom is 0.174 e. The van der Waals surface area contributed by atoms with E-state index in [1.807, 2.05) is 25.1 Å². The SMILES string of the molecule is Cc1nsc(Sc2cccc(Br)c2C#N)n1. The molecule has 0 fully saturated rings. The predicted octanol–water partition coefficient (Wildman–Crippen LogP) is 3.63. The van der Waals surface area contributed by atoms with Crippen LogP contribution in [0.3, 0.4) is 0 Å². The summed E-state index contributed by atoms with van der Waals surface area (Å²) in [4.78, 5) is 5.15. The van der Waals surface area contributed by atoms with Crippen LogP contribution in [0.1, 0.15) is 11.4 Å². The molecule has 1 aromatic heterocycles. The molecule has 80 valence electrons. The molecule has 6 heteroatoms. The van der Waals surface area contributed by atoms with Crippen LogP contribution in [0, 0.1) is 18.3 Å². The maximum absolute atomic E-state index is 9.06. The van der Waals surface area contributed by atoms with Crippen molar-refractivity contribution in [1.29, 1.82) is 5.26 Å². The fourth-order valence-electron chi connectivity index (χ4n) is 1.11. The molecule has 0 saturated carbocycles. The topological polar surface area (TPSA) is 49.6 Å². The first kappa shape index (κ1) is 11.6. The van der Waals surface area contributed by atoms with E-state index in [1.165, 1.54) is 23.3 Å². The Morgan fingerprint density at radius 2 is 2.31 bits per heavy atom. The molecule has 0 N–H and O–H groups in total. The van der Waals surface area contributed by atoms with Crippen molar-refractivity contribution >= 4 is 39.2 Å². The highest BCUT2D eigenvalue weighted by Crippen LogP contribution is 2.34. The second-order valence-corrected chi connectivity index (χ2v) is 5.83. The molecule has 0 radical (unpaired) electrons. The molecule has 1 aromatic carbocycles. The Morgan fingerprint density at radius 1 is 1.50 bits per heavy atom. The predicted molar refractivity (Wildman–Crippen MR) is 67.6 cm³/mol. The number of aryl methyl sites for hydroxylation is 1. The summed E-state index contributed by atoms with van der Waals surface area (Å²) in [6.07, 6.45) is 0. The van der Waals surface area contributed by atoms with Gasteiger partial charge in [0.15, 0.2) is 4.34 Å². The molecule has 0 saturated heterocycles. The Morgan fingerprint density at radius 3 is 2.94 bits per heavy atom. The second kappa shape index (κ2) is 4.95. The van der Waals surface area contributed by atoms with Gasteiger partial charge in [0.05, 0.1) is 5.56 Å². The van der Waals surface area contributed by atoms with E-state index >= 15 is 0 Å². The number of hydrogen-bond donors (Lipinski definition) is 0. The Labute approximate surface area is 110 Å². The van der Waals surface area contributed by atoms with E-state index < -0.39 is 0 Å². The number of nitrogens with zero attached hydrogens (tertiary/aromatic N) is 3. The summed E-state index contributed by atoms with van der Waals surface area (Å²) in [6, 6.07) is 7.85. The molecule has 16 heavy (non-hydrogen) atoms. The summed E-state index contributed by atoms with van der Waals surface area (Å²) in [5, 5.41) is 9.06. The van der Waals surface area contributed by atoms with Gasteiger partial charge >= 0.3 is 0 Å². The van der Waals surface area contributed by atoms with E-state index in [9.17, 15) is 0 Å². The van der Waals surface area contributed by atoms with Gasteiger partial charge in [-0.05, 0) is 46.5 Å². The van der Waals surface area contributed by atoms with Crippen molar-refractivity contribution in [3.05, 3.63) is 34.1 Å². The van der Waals surface area contributed by atoms with Gasteiger partial charge in [0.2, 0.25) is 0 Å². The third-order valence-electron chi connectivity index (χ3n) is 1.79. The molecule has 0 aliphatic rings. The molecule has 0 aliphatic heterocycles. The Hall–Kier alpha value is -0.900. The number of hydrogen-bond acceptors (Lipinski definition) is 5. The van der Waals surface area contributed by atoms with Crippen LogP contribution in [-0.4, -0.2) is 9.36 Å². The normalized spacial score (nSPS) is 10.1. The minimum atomic E-state index is 0.639. The van der Waals surface area contributed by atoms with Gasteiger partial charge in [-0.15, -0.1) is 0 Å². The molecule has 0 unspecified atom stereocenters. The van der Waals surface area contributed by atoms with Crippen molar-refractivity contribution in [2.75, 3.05) is 0 Å². The largest absolute Gasteiger partial charge is 0.213 e. The first-order valence-electron chi connectivity index (χ1n) is 4.37. The van der Waals surface area contributed by atoms with Crippen molar-refractivity contribution in [2.45, 2.75) is 16.2 Å². The highest BCUT2D eigenvalue weighted by Gasteiger charge is 2.09. The molecule has 0 spiro atoms. The number of rotatable bonds is 2. The highest BCUT2D eigenvalue weighted by molar-refractivity contribution is 9.10.